The van der Waals surface area contributed by atoms with E-state index < -0.39 is 0 Å². The molecule has 0 atom stereocenters. The van der Waals surface area contributed by atoms with E-state index in [1.807, 2.05) is 18.2 Å². The van der Waals surface area contributed by atoms with Crippen molar-refractivity contribution in [1.82, 2.24) is 15.3 Å². The smallest absolute Gasteiger partial charge is 0.251 e. The van der Waals surface area contributed by atoms with Crippen LogP contribution in [-0.4, -0.2) is 16.5 Å². The van der Waals surface area contributed by atoms with Gasteiger partial charge in [0.2, 0.25) is 0 Å². The molecule has 0 saturated heterocycles. The molecule has 21 heavy (non-hydrogen) atoms. The van der Waals surface area contributed by atoms with Gasteiger partial charge in [-0.15, -0.1) is 11.8 Å². The van der Waals surface area contributed by atoms with E-state index in [2.05, 4.69) is 41.3 Å². The first-order valence-electron chi connectivity index (χ1n) is 7.11. The Labute approximate surface area is 129 Å². The van der Waals surface area contributed by atoms with E-state index in [-0.39, 0.29) is 5.56 Å². The average Bonchev–Trinajstić information content (AvgIpc) is 2.45. The molecule has 5 heteroatoms. The van der Waals surface area contributed by atoms with Crippen molar-refractivity contribution in [2.24, 2.45) is 5.92 Å². The van der Waals surface area contributed by atoms with Crippen molar-refractivity contribution in [3.8, 4) is 0 Å². The van der Waals surface area contributed by atoms with E-state index in [4.69, 9.17) is 0 Å². The summed E-state index contributed by atoms with van der Waals surface area (Å²) >= 11 is 1.67. The van der Waals surface area contributed by atoms with Crippen molar-refractivity contribution in [1.29, 1.82) is 0 Å². The molecule has 1 aromatic carbocycles. The van der Waals surface area contributed by atoms with Crippen molar-refractivity contribution in [3.05, 3.63) is 58.3 Å². The fraction of sp³-hybridized carbons (Fsp3) is 0.375. The van der Waals surface area contributed by atoms with Crippen LogP contribution < -0.4 is 10.9 Å². The largest absolute Gasteiger partial charge is 0.311 e. The molecule has 112 valence electrons. The van der Waals surface area contributed by atoms with Crippen molar-refractivity contribution in [2.45, 2.75) is 31.0 Å². The molecular weight excluding hydrogens is 282 g/mol. The highest BCUT2D eigenvalue weighted by atomic mass is 32.2. The molecule has 1 aromatic heterocycles. The molecular formula is C16H21N3OS. The second-order valence-corrected chi connectivity index (χ2v) is 6.36. The third kappa shape index (κ3) is 5.73. The topological polar surface area (TPSA) is 57.8 Å². The summed E-state index contributed by atoms with van der Waals surface area (Å²) in [4.78, 5) is 20.2. The first-order valence-corrected chi connectivity index (χ1v) is 8.09. The third-order valence-electron chi connectivity index (χ3n) is 2.82. The van der Waals surface area contributed by atoms with E-state index >= 15 is 0 Å². The Balaban J connectivity index is 1.96. The van der Waals surface area contributed by atoms with Crippen LogP contribution in [0.3, 0.4) is 0 Å². The second-order valence-electron chi connectivity index (χ2n) is 5.31. The summed E-state index contributed by atoms with van der Waals surface area (Å²) in [6.07, 6.45) is 0. The fourth-order valence-electron chi connectivity index (χ4n) is 1.88. The standard InChI is InChI=1S/C16H21N3OS/c1-12(2)9-17-10-13-8-16(20)19-15(18-13)11-21-14-6-4-3-5-7-14/h3-8,12,17H,9-11H2,1-2H3,(H,18,19,20). The van der Waals surface area contributed by atoms with Crippen LogP contribution >= 0.6 is 11.8 Å². The predicted octanol–water partition coefficient (Wildman–Crippen LogP) is 2.81. The minimum atomic E-state index is -0.0880. The lowest BCUT2D eigenvalue weighted by molar-refractivity contribution is 0.547. The van der Waals surface area contributed by atoms with Gasteiger partial charge in [0.05, 0.1) is 11.4 Å². The molecule has 1 heterocycles. The zero-order chi connectivity index (χ0) is 15.1. The summed E-state index contributed by atoms with van der Waals surface area (Å²) in [6.45, 7) is 5.86. The number of hydrogen-bond donors (Lipinski definition) is 2. The molecule has 0 fully saturated rings. The van der Waals surface area contributed by atoms with Crippen LogP contribution in [0.15, 0.2) is 46.1 Å². The summed E-state index contributed by atoms with van der Waals surface area (Å²) in [5.41, 5.74) is 0.707. The van der Waals surface area contributed by atoms with Crippen LogP contribution in [0, 0.1) is 5.92 Å². The van der Waals surface area contributed by atoms with Gasteiger partial charge < -0.3 is 10.3 Å². The number of aromatic amines is 1. The zero-order valence-electron chi connectivity index (χ0n) is 12.4. The van der Waals surface area contributed by atoms with Crippen molar-refractivity contribution in [3.63, 3.8) is 0 Å². The van der Waals surface area contributed by atoms with Crippen LogP contribution in [0.1, 0.15) is 25.4 Å². The molecule has 0 amide bonds. The summed E-state index contributed by atoms with van der Waals surface area (Å²) < 4.78 is 0. The SMILES string of the molecule is CC(C)CNCc1cc(=O)[nH]c(CSc2ccccc2)n1. The average molecular weight is 303 g/mol. The Hall–Kier alpha value is -1.59. The summed E-state index contributed by atoms with van der Waals surface area (Å²) in [6, 6.07) is 11.7. The lowest BCUT2D eigenvalue weighted by atomic mass is 10.2. The van der Waals surface area contributed by atoms with Gasteiger partial charge in [-0.2, -0.15) is 0 Å². The maximum absolute atomic E-state index is 11.7. The number of benzene rings is 1. The van der Waals surface area contributed by atoms with Crippen molar-refractivity contribution >= 4 is 11.8 Å². The molecule has 4 nitrogen and oxygen atoms in total. The Morgan fingerprint density at radius 1 is 1.29 bits per heavy atom. The van der Waals surface area contributed by atoms with Crippen LogP contribution in [0.2, 0.25) is 0 Å². The summed E-state index contributed by atoms with van der Waals surface area (Å²) in [5.74, 6) is 1.97. The third-order valence-corrected chi connectivity index (χ3v) is 3.84. The van der Waals surface area contributed by atoms with Gasteiger partial charge >= 0.3 is 0 Å². The highest BCUT2D eigenvalue weighted by molar-refractivity contribution is 7.98. The van der Waals surface area contributed by atoms with Gasteiger partial charge in [0.15, 0.2) is 0 Å². The van der Waals surface area contributed by atoms with E-state index in [1.165, 1.54) is 4.90 Å². The molecule has 0 saturated carbocycles. The molecule has 2 N–H and O–H groups in total. The molecule has 0 spiro atoms. The van der Waals surface area contributed by atoms with Gasteiger partial charge in [-0.3, -0.25) is 4.79 Å². The molecule has 0 radical (unpaired) electrons. The molecule has 0 aliphatic rings. The van der Waals surface area contributed by atoms with Gasteiger partial charge in [-0.1, -0.05) is 32.0 Å². The van der Waals surface area contributed by atoms with Gasteiger partial charge in [0.25, 0.3) is 5.56 Å². The van der Waals surface area contributed by atoms with E-state index in [1.54, 1.807) is 17.8 Å². The second kappa shape index (κ2) is 8.00. The van der Waals surface area contributed by atoms with Crippen LogP contribution in [0.25, 0.3) is 0 Å². The Morgan fingerprint density at radius 2 is 2.05 bits per heavy atom. The lowest BCUT2D eigenvalue weighted by Gasteiger charge is -2.08. The van der Waals surface area contributed by atoms with Crippen LogP contribution in [-0.2, 0) is 12.3 Å². The maximum atomic E-state index is 11.7. The highest BCUT2D eigenvalue weighted by Gasteiger charge is 2.03. The Morgan fingerprint density at radius 3 is 2.76 bits per heavy atom. The first kappa shape index (κ1) is 15.8. The molecule has 0 unspecified atom stereocenters. The molecule has 0 bridgehead atoms. The van der Waals surface area contributed by atoms with Gasteiger partial charge in [0, 0.05) is 17.5 Å². The lowest BCUT2D eigenvalue weighted by Crippen LogP contribution is -2.22. The van der Waals surface area contributed by atoms with Gasteiger partial charge in [-0.05, 0) is 24.6 Å². The maximum Gasteiger partial charge on any atom is 0.251 e. The summed E-state index contributed by atoms with van der Waals surface area (Å²) in [7, 11) is 0. The highest BCUT2D eigenvalue weighted by Crippen LogP contribution is 2.20. The molecule has 0 aliphatic carbocycles. The molecule has 2 rings (SSSR count). The normalized spacial score (nSPS) is 11.0. The minimum absolute atomic E-state index is 0.0880. The first-order chi connectivity index (χ1) is 10.1. The van der Waals surface area contributed by atoms with Crippen LogP contribution in [0.4, 0.5) is 0 Å². The van der Waals surface area contributed by atoms with Crippen LogP contribution in [0.5, 0.6) is 0 Å². The van der Waals surface area contributed by atoms with E-state index in [0.717, 1.165) is 18.1 Å². The number of thioether (sulfide) groups is 1. The number of aromatic nitrogens is 2. The van der Waals surface area contributed by atoms with Crippen molar-refractivity contribution in [2.75, 3.05) is 6.54 Å². The minimum Gasteiger partial charge on any atom is -0.311 e. The quantitative estimate of drug-likeness (QED) is 0.772. The predicted molar refractivity (Wildman–Crippen MR) is 87.4 cm³/mol. The van der Waals surface area contributed by atoms with Crippen molar-refractivity contribution < 1.29 is 0 Å². The van der Waals surface area contributed by atoms with Gasteiger partial charge in [0.1, 0.15) is 5.82 Å². The fourth-order valence-corrected chi connectivity index (χ4v) is 2.67. The number of nitrogens with zero attached hydrogens (tertiary/aromatic N) is 1. The number of hydrogen-bond acceptors (Lipinski definition) is 4. The monoisotopic (exact) mass is 303 g/mol. The number of rotatable bonds is 7. The van der Waals surface area contributed by atoms with E-state index in [0.29, 0.717) is 18.2 Å². The molecule has 2 aromatic rings. The molecule has 0 aliphatic heterocycles. The van der Waals surface area contributed by atoms with E-state index in [9.17, 15) is 4.79 Å². The summed E-state index contributed by atoms with van der Waals surface area (Å²) in [5, 5.41) is 3.31. The number of H-pyrrole nitrogens is 1. The zero-order valence-corrected chi connectivity index (χ0v) is 13.2. The number of nitrogens with one attached hydrogen (secondary N) is 2. The Kier molecular flexibility index (Phi) is 6.02. The Bertz CT molecular complexity index is 610. The van der Waals surface area contributed by atoms with Gasteiger partial charge in [-0.25, -0.2) is 4.98 Å².